The molecule has 2 aromatic carbocycles. The molecule has 3 aromatic rings. The maximum Gasteiger partial charge on any atom is 0.418 e. The maximum atomic E-state index is 12.8. The highest BCUT2D eigenvalue weighted by Crippen LogP contribution is 2.22. The summed E-state index contributed by atoms with van der Waals surface area (Å²) in [5, 5.41) is 2.67. The summed E-state index contributed by atoms with van der Waals surface area (Å²) in [5.74, 6) is 0.439. The van der Waals surface area contributed by atoms with E-state index in [0.29, 0.717) is 11.5 Å². The van der Waals surface area contributed by atoms with Gasteiger partial charge in [-0.3, -0.25) is 5.32 Å². The molecule has 1 N–H and O–H groups in total. The molecule has 1 heterocycles. The second-order valence-electron chi connectivity index (χ2n) is 4.27. The Kier molecular flexibility index (Phi) is 4.44. The van der Waals surface area contributed by atoms with Crippen molar-refractivity contribution in [3.05, 3.63) is 60.4 Å². The first kappa shape index (κ1) is 14.9. The Labute approximate surface area is 134 Å². The normalized spacial score (nSPS) is 10.1. The van der Waals surface area contributed by atoms with E-state index in [-0.39, 0.29) is 17.0 Å². The second kappa shape index (κ2) is 6.84. The van der Waals surface area contributed by atoms with Gasteiger partial charge in [-0.1, -0.05) is 18.2 Å². The van der Waals surface area contributed by atoms with Crippen molar-refractivity contribution in [2.24, 2.45) is 0 Å². The van der Waals surface area contributed by atoms with Crippen LogP contribution in [-0.2, 0) is 0 Å². The SMILES string of the molecule is O=C(Nc1nc(Oc2ccc(F)cc2)ns1)Oc1ccccc1. The molecule has 0 saturated carbocycles. The summed E-state index contributed by atoms with van der Waals surface area (Å²) in [5.41, 5.74) is 0. The zero-order chi connectivity index (χ0) is 16.1. The van der Waals surface area contributed by atoms with Crippen molar-refractivity contribution < 1.29 is 18.7 Å². The van der Waals surface area contributed by atoms with Crippen molar-refractivity contribution in [3.63, 3.8) is 0 Å². The Bertz CT molecular complexity index is 793. The van der Waals surface area contributed by atoms with Crippen molar-refractivity contribution >= 4 is 22.8 Å². The second-order valence-corrected chi connectivity index (χ2v) is 5.02. The number of hydrogen-bond acceptors (Lipinski definition) is 6. The van der Waals surface area contributed by atoms with Crippen LogP contribution in [0, 0.1) is 5.82 Å². The number of amides is 1. The molecule has 0 unspecified atom stereocenters. The van der Waals surface area contributed by atoms with Crippen LogP contribution in [0.25, 0.3) is 0 Å². The number of aromatic nitrogens is 2. The smallest absolute Gasteiger partial charge is 0.418 e. The summed E-state index contributed by atoms with van der Waals surface area (Å²) in [7, 11) is 0. The van der Waals surface area contributed by atoms with Gasteiger partial charge in [0.15, 0.2) is 0 Å². The van der Waals surface area contributed by atoms with E-state index in [4.69, 9.17) is 9.47 Å². The topological polar surface area (TPSA) is 73.3 Å². The zero-order valence-electron chi connectivity index (χ0n) is 11.6. The van der Waals surface area contributed by atoms with Gasteiger partial charge in [-0.25, -0.2) is 9.18 Å². The zero-order valence-corrected chi connectivity index (χ0v) is 12.4. The number of ether oxygens (including phenoxy) is 2. The average Bonchev–Trinajstić information content (AvgIpc) is 2.97. The lowest BCUT2D eigenvalue weighted by molar-refractivity contribution is 0.215. The Morgan fingerprint density at radius 2 is 1.78 bits per heavy atom. The van der Waals surface area contributed by atoms with E-state index in [1.165, 1.54) is 24.3 Å². The Morgan fingerprint density at radius 3 is 2.52 bits per heavy atom. The van der Waals surface area contributed by atoms with Crippen molar-refractivity contribution in [3.8, 4) is 17.5 Å². The van der Waals surface area contributed by atoms with Gasteiger partial charge < -0.3 is 9.47 Å². The highest BCUT2D eigenvalue weighted by molar-refractivity contribution is 7.10. The molecule has 0 fully saturated rings. The van der Waals surface area contributed by atoms with Crippen molar-refractivity contribution in [1.29, 1.82) is 0 Å². The largest absolute Gasteiger partial charge is 0.424 e. The lowest BCUT2D eigenvalue weighted by Crippen LogP contribution is -2.16. The number of para-hydroxylation sites is 1. The van der Waals surface area contributed by atoms with Crippen LogP contribution in [0.3, 0.4) is 0 Å². The third-order valence-corrected chi connectivity index (χ3v) is 3.21. The lowest BCUT2D eigenvalue weighted by atomic mass is 10.3. The summed E-state index contributed by atoms with van der Waals surface area (Å²) in [6.07, 6.45) is -0.680. The van der Waals surface area contributed by atoms with Crippen molar-refractivity contribution in [2.75, 3.05) is 5.32 Å². The van der Waals surface area contributed by atoms with Crippen molar-refractivity contribution in [2.45, 2.75) is 0 Å². The van der Waals surface area contributed by atoms with Gasteiger partial charge in [-0.05, 0) is 36.4 Å². The summed E-state index contributed by atoms with van der Waals surface area (Å²) < 4.78 is 27.2. The summed E-state index contributed by atoms with van der Waals surface area (Å²) in [4.78, 5) is 15.7. The molecule has 0 saturated heterocycles. The van der Waals surface area contributed by atoms with Crippen LogP contribution in [-0.4, -0.2) is 15.5 Å². The first-order chi connectivity index (χ1) is 11.2. The summed E-state index contributed by atoms with van der Waals surface area (Å²) >= 11 is 0.939. The number of rotatable bonds is 4. The van der Waals surface area contributed by atoms with Crippen LogP contribution >= 0.6 is 11.5 Å². The van der Waals surface area contributed by atoms with Gasteiger partial charge in [-0.2, -0.15) is 4.98 Å². The molecule has 1 aromatic heterocycles. The van der Waals surface area contributed by atoms with E-state index >= 15 is 0 Å². The van der Waals surface area contributed by atoms with Crippen molar-refractivity contribution in [1.82, 2.24) is 9.36 Å². The molecular weight excluding hydrogens is 321 g/mol. The molecule has 3 rings (SSSR count). The molecule has 0 aliphatic rings. The standard InChI is InChI=1S/C15H10FN3O3S/c16-10-6-8-12(9-7-10)21-13-17-14(23-19-13)18-15(20)22-11-4-2-1-3-5-11/h1-9H,(H,17,18,19,20). The molecule has 0 bridgehead atoms. The minimum Gasteiger partial charge on any atom is -0.424 e. The fourth-order valence-corrected chi connectivity index (χ4v) is 2.11. The summed E-state index contributed by atoms with van der Waals surface area (Å²) in [6.45, 7) is 0. The quantitative estimate of drug-likeness (QED) is 0.780. The van der Waals surface area contributed by atoms with Gasteiger partial charge >= 0.3 is 12.1 Å². The third-order valence-electron chi connectivity index (χ3n) is 2.59. The Morgan fingerprint density at radius 1 is 1.04 bits per heavy atom. The van der Waals surface area contributed by atoms with Gasteiger partial charge in [0.1, 0.15) is 17.3 Å². The molecule has 8 heteroatoms. The summed E-state index contributed by atoms with van der Waals surface area (Å²) in [6, 6.07) is 14.1. The first-order valence-corrected chi connectivity index (χ1v) is 7.27. The molecule has 0 spiro atoms. The van der Waals surface area contributed by atoms with Gasteiger partial charge in [-0.15, -0.1) is 4.37 Å². The number of anilines is 1. The number of nitrogens with one attached hydrogen (secondary N) is 1. The number of carbonyl (C=O) groups is 1. The monoisotopic (exact) mass is 331 g/mol. The molecule has 116 valence electrons. The van der Waals surface area contributed by atoms with E-state index in [1.54, 1.807) is 24.3 Å². The number of hydrogen-bond donors (Lipinski definition) is 1. The third kappa shape index (κ3) is 4.24. The predicted molar refractivity (Wildman–Crippen MR) is 82.5 cm³/mol. The number of halogens is 1. The molecule has 0 aliphatic heterocycles. The van der Waals surface area contributed by atoms with Gasteiger partial charge in [0.05, 0.1) is 0 Å². The van der Waals surface area contributed by atoms with E-state index in [0.717, 1.165) is 11.5 Å². The molecule has 0 aliphatic carbocycles. The van der Waals surface area contributed by atoms with E-state index < -0.39 is 6.09 Å². The highest BCUT2D eigenvalue weighted by atomic mass is 32.1. The number of benzene rings is 2. The molecule has 0 radical (unpaired) electrons. The van der Waals surface area contributed by atoms with E-state index in [2.05, 4.69) is 14.7 Å². The van der Waals surface area contributed by atoms with E-state index in [9.17, 15) is 9.18 Å². The molecule has 0 atom stereocenters. The maximum absolute atomic E-state index is 12.8. The van der Waals surface area contributed by atoms with Crippen LogP contribution in [0.2, 0.25) is 0 Å². The molecule has 23 heavy (non-hydrogen) atoms. The molecule has 6 nitrogen and oxygen atoms in total. The fraction of sp³-hybridized carbons (Fsp3) is 0. The molecular formula is C15H10FN3O3S. The minimum atomic E-state index is -0.680. The van der Waals surface area contributed by atoms with Crippen LogP contribution < -0.4 is 14.8 Å². The first-order valence-electron chi connectivity index (χ1n) is 6.50. The van der Waals surface area contributed by atoms with E-state index in [1.807, 2.05) is 6.07 Å². The van der Waals surface area contributed by atoms with Gasteiger partial charge in [0, 0.05) is 11.5 Å². The lowest BCUT2D eigenvalue weighted by Gasteiger charge is -2.03. The highest BCUT2D eigenvalue weighted by Gasteiger charge is 2.11. The Balaban J connectivity index is 1.58. The molecule has 1 amide bonds. The number of nitrogens with zero attached hydrogens (tertiary/aromatic N) is 2. The van der Waals surface area contributed by atoms with Gasteiger partial charge in [0.2, 0.25) is 5.13 Å². The predicted octanol–water partition coefficient (Wildman–Crippen LogP) is 4.08. The number of carbonyl (C=O) groups excluding carboxylic acids is 1. The fourth-order valence-electron chi connectivity index (χ4n) is 1.62. The van der Waals surface area contributed by atoms with Crippen LogP contribution in [0.1, 0.15) is 0 Å². The average molecular weight is 331 g/mol. The van der Waals surface area contributed by atoms with Gasteiger partial charge in [0.25, 0.3) is 0 Å². The van der Waals surface area contributed by atoms with Crippen LogP contribution in [0.15, 0.2) is 54.6 Å². The van der Waals surface area contributed by atoms with Crippen LogP contribution in [0.4, 0.5) is 14.3 Å². The minimum absolute atomic E-state index is 0.0524. The van der Waals surface area contributed by atoms with Crippen LogP contribution in [0.5, 0.6) is 17.5 Å². The Hall–Kier alpha value is -3.00.